The number of aromatic nitrogens is 4. The number of imidazole rings is 1. The zero-order chi connectivity index (χ0) is 15.0. The predicted octanol–water partition coefficient (Wildman–Crippen LogP) is 4.44. The quantitative estimate of drug-likeness (QED) is 0.665. The van der Waals surface area contributed by atoms with Crippen LogP contribution in [0.2, 0.25) is 0 Å². The molecular weight excluding hydrogens is 314 g/mol. The zero-order valence-electron chi connectivity index (χ0n) is 11.3. The highest BCUT2D eigenvalue weighted by Gasteiger charge is 2.23. The van der Waals surface area contributed by atoms with Gasteiger partial charge in [-0.1, -0.05) is 35.2 Å². The highest BCUT2D eigenvalue weighted by molar-refractivity contribution is 8.01. The Labute approximate surface area is 128 Å². The lowest BCUT2D eigenvalue weighted by Crippen LogP contribution is -2.06. The highest BCUT2D eigenvalue weighted by Crippen LogP contribution is 2.38. The molecule has 0 N–H and O–H groups in total. The summed E-state index contributed by atoms with van der Waals surface area (Å²) in [6.45, 7) is 1.09. The van der Waals surface area contributed by atoms with E-state index in [4.69, 9.17) is 0 Å². The third-order valence-electron chi connectivity index (χ3n) is 2.97. The Morgan fingerprint density at radius 2 is 2.00 bits per heavy atom. The number of nitrogens with zero attached hydrogens (tertiary/aromatic N) is 4. The van der Waals surface area contributed by atoms with Crippen LogP contribution in [0.4, 0.5) is 8.78 Å². The first-order chi connectivity index (χ1) is 10.1. The van der Waals surface area contributed by atoms with Crippen LogP contribution in [0.3, 0.4) is 0 Å². The lowest BCUT2D eigenvalue weighted by Gasteiger charge is -2.12. The summed E-state index contributed by atoms with van der Waals surface area (Å²) < 4.78 is 28.5. The molecule has 0 amide bonds. The minimum absolute atomic E-state index is 0.237. The van der Waals surface area contributed by atoms with Crippen molar-refractivity contribution in [2.24, 2.45) is 0 Å². The predicted molar refractivity (Wildman–Crippen MR) is 79.9 cm³/mol. The smallest absolute Gasteiger partial charge is 0.269 e. The van der Waals surface area contributed by atoms with Gasteiger partial charge >= 0.3 is 6.55 Å². The fourth-order valence-electron chi connectivity index (χ4n) is 2.08. The van der Waals surface area contributed by atoms with E-state index in [2.05, 4.69) is 15.2 Å². The summed E-state index contributed by atoms with van der Waals surface area (Å²) in [7, 11) is 0. The van der Waals surface area contributed by atoms with Crippen molar-refractivity contribution in [3.63, 3.8) is 0 Å². The molecule has 0 saturated carbocycles. The van der Waals surface area contributed by atoms with E-state index in [1.165, 1.54) is 23.1 Å². The maximum absolute atomic E-state index is 13.4. The van der Waals surface area contributed by atoms with Crippen LogP contribution < -0.4 is 0 Å². The Morgan fingerprint density at radius 3 is 2.67 bits per heavy atom. The minimum atomic E-state index is -2.62. The average molecular weight is 326 g/mol. The van der Waals surface area contributed by atoms with Crippen molar-refractivity contribution in [3.8, 4) is 0 Å². The Morgan fingerprint density at radius 1 is 1.24 bits per heavy atom. The van der Waals surface area contributed by atoms with Crippen LogP contribution in [0, 0.1) is 6.92 Å². The zero-order valence-corrected chi connectivity index (χ0v) is 13.0. The minimum Gasteiger partial charge on any atom is -0.269 e. The van der Waals surface area contributed by atoms with Crippen molar-refractivity contribution >= 4 is 34.1 Å². The molecule has 21 heavy (non-hydrogen) atoms. The van der Waals surface area contributed by atoms with Gasteiger partial charge in [-0.05, 0) is 26.0 Å². The molecule has 2 heterocycles. The van der Waals surface area contributed by atoms with Crippen molar-refractivity contribution < 1.29 is 8.78 Å². The summed E-state index contributed by atoms with van der Waals surface area (Å²) in [4.78, 5) is 4.36. The van der Waals surface area contributed by atoms with Crippen LogP contribution in [0.15, 0.2) is 28.6 Å². The summed E-state index contributed by atoms with van der Waals surface area (Å²) >= 11 is 2.84. The topological polar surface area (TPSA) is 43.6 Å². The van der Waals surface area contributed by atoms with Gasteiger partial charge in [0, 0.05) is 0 Å². The monoisotopic (exact) mass is 326 g/mol. The van der Waals surface area contributed by atoms with E-state index in [1.54, 1.807) is 24.3 Å². The van der Waals surface area contributed by atoms with E-state index < -0.39 is 6.55 Å². The first kappa shape index (κ1) is 14.4. The van der Waals surface area contributed by atoms with Gasteiger partial charge in [0.15, 0.2) is 4.34 Å². The largest absolute Gasteiger partial charge is 0.320 e. The van der Waals surface area contributed by atoms with E-state index in [9.17, 15) is 8.78 Å². The summed E-state index contributed by atoms with van der Waals surface area (Å²) in [5.41, 5.74) is 1.03. The standard InChI is InChI=1S/C13H12F2N4S2/c1-7(20-13-18-17-8(2)21-13)11-16-9-5-3-4-6-10(9)19(11)12(14)15/h3-7,12H,1-2H3/t7-/m0/s1. The molecular formula is C13H12F2N4S2. The number of alkyl halides is 2. The molecule has 0 aliphatic heterocycles. The fourth-order valence-corrected chi connectivity index (χ4v) is 4.15. The number of benzene rings is 1. The van der Waals surface area contributed by atoms with Crippen LogP contribution in [-0.2, 0) is 0 Å². The molecule has 4 nitrogen and oxygen atoms in total. The number of thioether (sulfide) groups is 1. The van der Waals surface area contributed by atoms with Gasteiger partial charge in [0.05, 0.1) is 16.3 Å². The SMILES string of the molecule is Cc1nnc(S[C@@H](C)c2nc3ccccc3n2C(F)F)s1. The Bertz CT molecular complexity index is 768. The number of halogens is 2. The number of aryl methyl sites for hydroxylation is 1. The molecule has 0 saturated heterocycles. The average Bonchev–Trinajstić information content (AvgIpc) is 3.02. The van der Waals surface area contributed by atoms with Gasteiger partial charge in [-0.3, -0.25) is 4.57 Å². The molecule has 1 atom stereocenters. The number of hydrogen-bond donors (Lipinski definition) is 0. The number of hydrogen-bond acceptors (Lipinski definition) is 5. The van der Waals surface area contributed by atoms with E-state index in [0.29, 0.717) is 16.9 Å². The molecule has 0 aliphatic carbocycles. The molecule has 3 aromatic rings. The Hall–Kier alpha value is -1.54. The van der Waals surface area contributed by atoms with Crippen molar-refractivity contribution in [1.29, 1.82) is 0 Å². The second-order valence-corrected chi connectivity index (χ2v) is 7.22. The van der Waals surface area contributed by atoms with Crippen molar-refractivity contribution in [2.45, 2.75) is 30.0 Å². The normalized spacial score (nSPS) is 13.2. The highest BCUT2D eigenvalue weighted by atomic mass is 32.2. The van der Waals surface area contributed by atoms with Gasteiger partial charge in [0.1, 0.15) is 10.8 Å². The molecule has 1 aromatic carbocycles. The van der Waals surface area contributed by atoms with Gasteiger partial charge in [0.2, 0.25) is 0 Å². The van der Waals surface area contributed by atoms with Crippen LogP contribution in [0.25, 0.3) is 11.0 Å². The van der Waals surface area contributed by atoms with Gasteiger partial charge in [-0.25, -0.2) is 4.98 Å². The fraction of sp³-hybridized carbons (Fsp3) is 0.308. The third-order valence-corrected chi connectivity index (χ3v) is 4.99. The first-order valence-corrected chi connectivity index (χ1v) is 7.97. The molecule has 0 aliphatic rings. The summed E-state index contributed by atoms with van der Waals surface area (Å²) in [5, 5.41) is 8.57. The summed E-state index contributed by atoms with van der Waals surface area (Å²) in [5.74, 6) is 0.351. The lowest BCUT2D eigenvalue weighted by molar-refractivity contribution is 0.0715. The van der Waals surface area contributed by atoms with E-state index >= 15 is 0 Å². The van der Waals surface area contributed by atoms with Crippen LogP contribution in [-0.4, -0.2) is 19.7 Å². The molecule has 110 valence electrons. The third kappa shape index (κ3) is 2.77. The van der Waals surface area contributed by atoms with E-state index in [1.807, 2.05) is 13.8 Å². The number of para-hydroxylation sites is 2. The number of fused-ring (bicyclic) bond motifs is 1. The Kier molecular flexibility index (Phi) is 3.90. The van der Waals surface area contributed by atoms with Crippen LogP contribution in [0.5, 0.6) is 0 Å². The molecule has 0 bridgehead atoms. The maximum Gasteiger partial charge on any atom is 0.320 e. The van der Waals surface area contributed by atoms with Crippen molar-refractivity contribution in [3.05, 3.63) is 35.1 Å². The van der Waals surface area contributed by atoms with Crippen molar-refractivity contribution in [1.82, 2.24) is 19.7 Å². The molecule has 2 aromatic heterocycles. The number of rotatable bonds is 4. The van der Waals surface area contributed by atoms with Gasteiger partial charge < -0.3 is 0 Å². The first-order valence-electron chi connectivity index (χ1n) is 6.28. The van der Waals surface area contributed by atoms with Crippen LogP contribution in [0.1, 0.15) is 29.6 Å². The van der Waals surface area contributed by atoms with Gasteiger partial charge in [-0.2, -0.15) is 8.78 Å². The van der Waals surface area contributed by atoms with Gasteiger partial charge in [0.25, 0.3) is 0 Å². The second kappa shape index (κ2) is 5.69. The molecule has 8 heteroatoms. The van der Waals surface area contributed by atoms with Gasteiger partial charge in [-0.15, -0.1) is 10.2 Å². The van der Waals surface area contributed by atoms with E-state index in [-0.39, 0.29) is 5.25 Å². The van der Waals surface area contributed by atoms with Crippen molar-refractivity contribution in [2.75, 3.05) is 0 Å². The molecule has 0 spiro atoms. The molecule has 3 rings (SSSR count). The molecule has 0 radical (unpaired) electrons. The van der Waals surface area contributed by atoms with Crippen LogP contribution >= 0.6 is 23.1 Å². The Balaban J connectivity index is 2.00. The summed E-state index contributed by atoms with van der Waals surface area (Å²) in [6, 6.07) is 6.92. The summed E-state index contributed by atoms with van der Waals surface area (Å²) in [6.07, 6.45) is 0. The maximum atomic E-state index is 13.4. The molecule has 0 fully saturated rings. The van der Waals surface area contributed by atoms with E-state index in [0.717, 1.165) is 13.9 Å². The second-order valence-electron chi connectivity index (χ2n) is 4.45. The lowest BCUT2D eigenvalue weighted by atomic mass is 10.3. The molecule has 0 unspecified atom stereocenters.